The molecular weight excluding hydrogens is 516 g/mol. The van der Waals surface area contributed by atoms with E-state index in [0.29, 0.717) is 0 Å². The van der Waals surface area contributed by atoms with Gasteiger partial charge in [0.05, 0.1) is 0 Å². The van der Waals surface area contributed by atoms with Crippen molar-refractivity contribution in [1.82, 2.24) is 0 Å². The highest BCUT2D eigenvalue weighted by atomic mass is 14.3. The molecule has 0 saturated heterocycles. The molecule has 0 heteroatoms. The summed E-state index contributed by atoms with van der Waals surface area (Å²) < 4.78 is 0. The summed E-state index contributed by atoms with van der Waals surface area (Å²) in [5.74, 6) is 0.243. The summed E-state index contributed by atoms with van der Waals surface area (Å²) in [6, 6.07) is 52.5. The van der Waals surface area contributed by atoms with Crippen LogP contribution < -0.4 is 0 Å². The molecule has 9 rings (SSSR count). The van der Waals surface area contributed by atoms with Gasteiger partial charge in [0.2, 0.25) is 0 Å². The number of hydrogen-bond acceptors (Lipinski definition) is 0. The summed E-state index contributed by atoms with van der Waals surface area (Å²) in [5.41, 5.74) is 14.6. The first-order chi connectivity index (χ1) is 21.1. The molecule has 1 aliphatic rings. The smallest absolute Gasteiger partial charge is 0.0352 e. The molecule has 1 aliphatic carbocycles. The van der Waals surface area contributed by atoms with Crippen molar-refractivity contribution in [1.29, 1.82) is 0 Å². The van der Waals surface area contributed by atoms with E-state index in [1.54, 1.807) is 0 Å². The minimum absolute atomic E-state index is 0.243. The molecule has 0 unspecified atom stereocenters. The first-order valence-electron chi connectivity index (χ1n) is 15.2. The molecule has 0 radical (unpaired) electrons. The summed E-state index contributed by atoms with van der Waals surface area (Å²) in [4.78, 5) is 0. The molecule has 0 saturated carbocycles. The van der Waals surface area contributed by atoms with Gasteiger partial charge >= 0.3 is 0 Å². The van der Waals surface area contributed by atoms with Gasteiger partial charge in [-0.1, -0.05) is 151 Å². The predicted molar refractivity (Wildman–Crippen MR) is 183 cm³/mol. The van der Waals surface area contributed by atoms with Gasteiger partial charge in [0.1, 0.15) is 0 Å². The minimum atomic E-state index is 0.243. The molecule has 0 fully saturated rings. The molecule has 0 nitrogen and oxygen atoms in total. The maximum Gasteiger partial charge on any atom is 0.0352 e. The number of aryl methyl sites for hydroxylation is 2. The van der Waals surface area contributed by atoms with Crippen LogP contribution in [-0.2, 0) is 0 Å². The Bertz CT molecular complexity index is 2300. The van der Waals surface area contributed by atoms with E-state index < -0.39 is 0 Å². The fourth-order valence-electron chi connectivity index (χ4n) is 7.84. The average molecular weight is 547 g/mol. The molecule has 202 valence electrons. The van der Waals surface area contributed by atoms with Crippen LogP contribution in [0.2, 0.25) is 0 Å². The standard InChI is InChI=1S/C43H30/c1-26-22-27(2)24-32(23-26)34-19-15-29-16-20-39-33(18-14-28-17-21-40(34)43(29)42(28)39)30-8-7-9-31(25-30)41-37-12-5-3-10-35(37)36-11-4-6-13-38(36)41/h3-25,41H,1-2H3. The van der Waals surface area contributed by atoms with Crippen molar-refractivity contribution < 1.29 is 0 Å². The van der Waals surface area contributed by atoms with Gasteiger partial charge in [-0.15, -0.1) is 0 Å². The molecular formula is C43H30. The quantitative estimate of drug-likeness (QED) is 0.193. The van der Waals surface area contributed by atoms with Crippen LogP contribution in [0.15, 0.2) is 140 Å². The van der Waals surface area contributed by atoms with E-state index in [-0.39, 0.29) is 5.92 Å². The fraction of sp³-hybridized carbons (Fsp3) is 0.0698. The van der Waals surface area contributed by atoms with E-state index in [1.165, 1.54) is 93.5 Å². The van der Waals surface area contributed by atoms with Crippen LogP contribution in [0, 0.1) is 13.8 Å². The van der Waals surface area contributed by atoms with Crippen molar-refractivity contribution in [3.8, 4) is 33.4 Å². The number of benzene rings is 8. The van der Waals surface area contributed by atoms with Crippen molar-refractivity contribution in [3.05, 3.63) is 167 Å². The summed E-state index contributed by atoms with van der Waals surface area (Å²) in [5, 5.41) is 7.96. The van der Waals surface area contributed by atoms with Crippen LogP contribution in [-0.4, -0.2) is 0 Å². The Morgan fingerprint density at radius 1 is 0.395 bits per heavy atom. The van der Waals surface area contributed by atoms with Crippen LogP contribution in [0.3, 0.4) is 0 Å². The lowest BCUT2D eigenvalue weighted by Crippen LogP contribution is -1.99. The molecule has 0 spiro atoms. The highest BCUT2D eigenvalue weighted by molar-refractivity contribution is 6.27. The van der Waals surface area contributed by atoms with Gasteiger partial charge in [0.25, 0.3) is 0 Å². The zero-order valence-electron chi connectivity index (χ0n) is 24.4. The van der Waals surface area contributed by atoms with Crippen LogP contribution in [0.5, 0.6) is 0 Å². The second kappa shape index (κ2) is 9.15. The third-order valence-corrected chi connectivity index (χ3v) is 9.56. The normalized spacial score (nSPS) is 12.8. The second-order valence-electron chi connectivity index (χ2n) is 12.3. The van der Waals surface area contributed by atoms with Gasteiger partial charge < -0.3 is 0 Å². The summed E-state index contributed by atoms with van der Waals surface area (Å²) >= 11 is 0. The van der Waals surface area contributed by atoms with E-state index in [0.717, 1.165) is 0 Å². The van der Waals surface area contributed by atoms with Gasteiger partial charge in [-0.25, -0.2) is 0 Å². The van der Waals surface area contributed by atoms with Crippen molar-refractivity contribution >= 4 is 32.3 Å². The molecule has 43 heavy (non-hydrogen) atoms. The van der Waals surface area contributed by atoms with Gasteiger partial charge in [-0.2, -0.15) is 0 Å². The van der Waals surface area contributed by atoms with Crippen LogP contribution in [0.1, 0.15) is 33.7 Å². The Balaban J connectivity index is 1.25. The number of fused-ring (bicyclic) bond motifs is 3. The Morgan fingerprint density at radius 3 is 1.53 bits per heavy atom. The van der Waals surface area contributed by atoms with Gasteiger partial charge in [0, 0.05) is 5.92 Å². The predicted octanol–water partition coefficient (Wildman–Crippen LogP) is 11.7. The lowest BCUT2D eigenvalue weighted by molar-refractivity contribution is 1.02. The maximum absolute atomic E-state index is 2.43. The highest BCUT2D eigenvalue weighted by Crippen LogP contribution is 2.49. The largest absolute Gasteiger partial charge is 0.0619 e. The SMILES string of the molecule is Cc1cc(C)cc(-c2ccc3ccc4c(-c5cccc(C6c7ccccc7-c7ccccc76)c5)ccc5ccc2c3c54)c1. The molecule has 8 aromatic carbocycles. The van der Waals surface area contributed by atoms with Crippen molar-refractivity contribution in [2.45, 2.75) is 19.8 Å². The summed E-state index contributed by atoms with van der Waals surface area (Å²) in [7, 11) is 0. The lowest BCUT2D eigenvalue weighted by Gasteiger charge is -2.18. The van der Waals surface area contributed by atoms with E-state index >= 15 is 0 Å². The monoisotopic (exact) mass is 546 g/mol. The Labute approximate surface area is 252 Å². The molecule has 0 bridgehead atoms. The average Bonchev–Trinajstić information content (AvgIpc) is 3.37. The minimum Gasteiger partial charge on any atom is -0.0619 e. The topological polar surface area (TPSA) is 0 Å². The Kier molecular flexibility index (Phi) is 5.19. The molecule has 0 aromatic heterocycles. The molecule has 0 amide bonds. The van der Waals surface area contributed by atoms with Gasteiger partial charge in [-0.3, -0.25) is 0 Å². The Hall–Kier alpha value is -5.20. The maximum atomic E-state index is 2.43. The molecule has 8 aromatic rings. The van der Waals surface area contributed by atoms with E-state index in [2.05, 4.69) is 153 Å². The van der Waals surface area contributed by atoms with E-state index in [4.69, 9.17) is 0 Å². The second-order valence-corrected chi connectivity index (χ2v) is 12.3. The fourth-order valence-corrected chi connectivity index (χ4v) is 7.84. The number of rotatable bonds is 3. The zero-order valence-corrected chi connectivity index (χ0v) is 24.4. The first kappa shape index (κ1) is 24.4. The van der Waals surface area contributed by atoms with Crippen molar-refractivity contribution in [2.24, 2.45) is 0 Å². The first-order valence-corrected chi connectivity index (χ1v) is 15.2. The molecule has 0 aliphatic heterocycles. The van der Waals surface area contributed by atoms with E-state index in [9.17, 15) is 0 Å². The van der Waals surface area contributed by atoms with Crippen LogP contribution >= 0.6 is 0 Å². The number of hydrogen-bond donors (Lipinski definition) is 0. The van der Waals surface area contributed by atoms with Gasteiger partial charge in [-0.05, 0) is 96.2 Å². The zero-order chi connectivity index (χ0) is 28.7. The lowest BCUT2D eigenvalue weighted by atomic mass is 9.85. The molecule has 0 heterocycles. The third-order valence-electron chi connectivity index (χ3n) is 9.56. The molecule has 0 atom stereocenters. The third kappa shape index (κ3) is 3.63. The van der Waals surface area contributed by atoms with Crippen LogP contribution in [0.4, 0.5) is 0 Å². The highest BCUT2D eigenvalue weighted by Gasteiger charge is 2.29. The van der Waals surface area contributed by atoms with Crippen molar-refractivity contribution in [2.75, 3.05) is 0 Å². The summed E-state index contributed by atoms with van der Waals surface area (Å²) in [6.45, 7) is 4.38. The Morgan fingerprint density at radius 2 is 0.930 bits per heavy atom. The van der Waals surface area contributed by atoms with E-state index in [1.807, 2.05) is 0 Å². The van der Waals surface area contributed by atoms with Gasteiger partial charge in [0.15, 0.2) is 0 Å². The van der Waals surface area contributed by atoms with Crippen LogP contribution in [0.25, 0.3) is 65.7 Å². The summed E-state index contributed by atoms with van der Waals surface area (Å²) in [6.07, 6.45) is 0. The molecule has 0 N–H and O–H groups in total. The van der Waals surface area contributed by atoms with Crippen molar-refractivity contribution in [3.63, 3.8) is 0 Å².